The number of ether oxygens (including phenoxy) is 1. The molecule has 0 spiro atoms. The average molecular weight is 468 g/mol. The molecule has 1 aliphatic rings. The Bertz CT molecular complexity index is 1100. The SMILES string of the molecule is COc1ccc(C2C(=C(O)c3ccc(Br)cc3)C(=O)C(=O)N2Cc2ccco2)cc1. The fourth-order valence-corrected chi connectivity index (χ4v) is 3.77. The van der Waals surface area contributed by atoms with Crippen molar-refractivity contribution in [2.75, 3.05) is 7.11 Å². The zero-order valence-electron chi connectivity index (χ0n) is 16.0. The van der Waals surface area contributed by atoms with Crippen molar-refractivity contribution in [3.05, 3.63) is 93.9 Å². The molecule has 1 unspecified atom stereocenters. The van der Waals surface area contributed by atoms with Crippen molar-refractivity contribution >= 4 is 33.4 Å². The van der Waals surface area contributed by atoms with E-state index in [1.165, 1.54) is 11.2 Å². The van der Waals surface area contributed by atoms with E-state index in [2.05, 4.69) is 15.9 Å². The monoisotopic (exact) mass is 467 g/mol. The van der Waals surface area contributed by atoms with Gasteiger partial charge < -0.3 is 19.2 Å². The minimum Gasteiger partial charge on any atom is -0.507 e. The number of likely N-dealkylation sites (tertiary alicyclic amines) is 1. The number of nitrogens with zero attached hydrogens (tertiary/aromatic N) is 1. The predicted molar refractivity (Wildman–Crippen MR) is 114 cm³/mol. The number of hydrogen-bond donors (Lipinski definition) is 1. The van der Waals surface area contributed by atoms with Gasteiger partial charge >= 0.3 is 0 Å². The minimum atomic E-state index is -0.760. The van der Waals surface area contributed by atoms with Gasteiger partial charge in [0.2, 0.25) is 0 Å². The van der Waals surface area contributed by atoms with Gasteiger partial charge in [0.25, 0.3) is 11.7 Å². The molecule has 6 nitrogen and oxygen atoms in total. The number of carbonyl (C=O) groups is 2. The van der Waals surface area contributed by atoms with Crippen molar-refractivity contribution in [3.63, 3.8) is 0 Å². The first kappa shape index (κ1) is 20.0. The number of aliphatic hydroxyl groups is 1. The summed E-state index contributed by atoms with van der Waals surface area (Å²) in [6.07, 6.45) is 1.51. The molecule has 1 aliphatic heterocycles. The number of ketones is 1. The van der Waals surface area contributed by atoms with Crippen LogP contribution in [0.15, 0.2) is 81.4 Å². The van der Waals surface area contributed by atoms with Gasteiger partial charge in [-0.2, -0.15) is 0 Å². The molecule has 2 heterocycles. The number of rotatable bonds is 5. The Morgan fingerprint density at radius 2 is 1.80 bits per heavy atom. The van der Waals surface area contributed by atoms with Crippen LogP contribution in [0.4, 0.5) is 0 Å². The van der Waals surface area contributed by atoms with E-state index < -0.39 is 17.7 Å². The molecule has 1 aromatic heterocycles. The lowest BCUT2D eigenvalue weighted by Crippen LogP contribution is -2.29. The van der Waals surface area contributed by atoms with Gasteiger partial charge in [-0.25, -0.2) is 0 Å². The van der Waals surface area contributed by atoms with E-state index in [0.29, 0.717) is 22.6 Å². The molecule has 152 valence electrons. The summed E-state index contributed by atoms with van der Waals surface area (Å²) in [5.41, 5.74) is 1.17. The van der Waals surface area contributed by atoms with E-state index in [1.54, 1.807) is 67.8 Å². The molecule has 1 fully saturated rings. The summed E-state index contributed by atoms with van der Waals surface area (Å²) < 4.78 is 11.4. The van der Waals surface area contributed by atoms with Crippen molar-refractivity contribution in [2.45, 2.75) is 12.6 Å². The first-order chi connectivity index (χ1) is 14.5. The highest BCUT2D eigenvalue weighted by Gasteiger charge is 2.46. The smallest absolute Gasteiger partial charge is 0.296 e. The van der Waals surface area contributed by atoms with Gasteiger partial charge in [0.05, 0.1) is 31.5 Å². The standard InChI is InChI=1S/C23H18BrNO5/c1-29-17-10-6-14(7-11-17)20-19(21(26)15-4-8-16(24)9-5-15)22(27)23(28)25(20)13-18-3-2-12-30-18/h2-12,20,26H,13H2,1H3. The Kier molecular flexibility index (Phi) is 5.46. The largest absolute Gasteiger partial charge is 0.507 e. The van der Waals surface area contributed by atoms with Crippen LogP contribution in [0.3, 0.4) is 0 Å². The van der Waals surface area contributed by atoms with Gasteiger partial charge in [0.15, 0.2) is 0 Å². The fourth-order valence-electron chi connectivity index (χ4n) is 3.51. The van der Waals surface area contributed by atoms with Crippen molar-refractivity contribution < 1.29 is 23.8 Å². The lowest BCUT2D eigenvalue weighted by Gasteiger charge is -2.24. The highest BCUT2D eigenvalue weighted by Crippen LogP contribution is 2.40. The number of Topliss-reactive ketones (excluding diaryl/α,β-unsaturated/α-hetero) is 1. The minimum absolute atomic E-state index is 0.0408. The Morgan fingerprint density at radius 1 is 1.10 bits per heavy atom. The Hall–Kier alpha value is -3.32. The molecular formula is C23H18BrNO5. The van der Waals surface area contributed by atoms with Crippen LogP contribution in [-0.4, -0.2) is 28.8 Å². The first-order valence-corrected chi connectivity index (χ1v) is 9.99. The van der Waals surface area contributed by atoms with Gasteiger partial charge in [-0.05, 0) is 42.0 Å². The normalized spacial score (nSPS) is 18.1. The molecule has 1 atom stereocenters. The third-order valence-electron chi connectivity index (χ3n) is 5.00. The maximum atomic E-state index is 13.0. The zero-order valence-corrected chi connectivity index (χ0v) is 17.6. The summed E-state index contributed by atoms with van der Waals surface area (Å²) in [4.78, 5) is 27.3. The van der Waals surface area contributed by atoms with E-state index in [-0.39, 0.29) is 17.9 Å². The van der Waals surface area contributed by atoms with Crippen molar-refractivity contribution in [1.29, 1.82) is 0 Å². The number of aliphatic hydroxyl groups excluding tert-OH is 1. The third kappa shape index (κ3) is 3.64. The lowest BCUT2D eigenvalue weighted by atomic mass is 9.95. The van der Waals surface area contributed by atoms with Gasteiger partial charge in [0.1, 0.15) is 17.3 Å². The molecule has 4 rings (SSSR count). The quantitative estimate of drug-likeness (QED) is 0.335. The van der Waals surface area contributed by atoms with Gasteiger partial charge in [-0.3, -0.25) is 9.59 Å². The second-order valence-corrected chi connectivity index (χ2v) is 7.70. The Balaban J connectivity index is 1.85. The Labute approximate surface area is 181 Å². The van der Waals surface area contributed by atoms with Crippen LogP contribution >= 0.6 is 15.9 Å². The molecule has 0 radical (unpaired) electrons. The third-order valence-corrected chi connectivity index (χ3v) is 5.52. The van der Waals surface area contributed by atoms with Crippen LogP contribution in [0.2, 0.25) is 0 Å². The number of furan rings is 1. The number of halogens is 1. The molecule has 0 saturated carbocycles. The summed E-state index contributed by atoms with van der Waals surface area (Å²) in [6.45, 7) is 0.103. The van der Waals surface area contributed by atoms with Gasteiger partial charge in [0, 0.05) is 10.0 Å². The van der Waals surface area contributed by atoms with Crippen LogP contribution < -0.4 is 4.74 Å². The van der Waals surface area contributed by atoms with Gasteiger partial charge in [-0.1, -0.05) is 40.2 Å². The molecule has 2 aromatic carbocycles. The zero-order chi connectivity index (χ0) is 21.3. The second kappa shape index (κ2) is 8.20. The van der Waals surface area contributed by atoms with E-state index in [1.807, 2.05) is 0 Å². The van der Waals surface area contributed by atoms with Gasteiger partial charge in [-0.15, -0.1) is 0 Å². The molecule has 3 aromatic rings. The number of hydrogen-bond acceptors (Lipinski definition) is 5. The lowest BCUT2D eigenvalue weighted by molar-refractivity contribution is -0.140. The highest BCUT2D eigenvalue weighted by atomic mass is 79.9. The van der Waals surface area contributed by atoms with Crippen LogP contribution in [0.5, 0.6) is 5.75 Å². The molecule has 0 aliphatic carbocycles. The summed E-state index contributed by atoms with van der Waals surface area (Å²) >= 11 is 3.36. The molecule has 0 bridgehead atoms. The van der Waals surface area contributed by atoms with E-state index in [0.717, 1.165) is 4.47 Å². The molecule has 30 heavy (non-hydrogen) atoms. The molecule has 7 heteroatoms. The van der Waals surface area contributed by atoms with Crippen LogP contribution in [0, 0.1) is 0 Å². The average Bonchev–Trinajstić information content (AvgIpc) is 3.36. The number of methoxy groups -OCH3 is 1. The van der Waals surface area contributed by atoms with Crippen molar-refractivity contribution in [2.24, 2.45) is 0 Å². The van der Waals surface area contributed by atoms with Crippen molar-refractivity contribution in [1.82, 2.24) is 4.90 Å². The second-order valence-electron chi connectivity index (χ2n) is 6.79. The number of amides is 1. The first-order valence-electron chi connectivity index (χ1n) is 9.20. The maximum Gasteiger partial charge on any atom is 0.296 e. The fraction of sp³-hybridized carbons (Fsp3) is 0.130. The summed E-state index contributed by atoms with van der Waals surface area (Å²) in [7, 11) is 1.56. The number of benzene rings is 2. The number of carbonyl (C=O) groups excluding carboxylic acids is 2. The molecule has 1 amide bonds. The van der Waals surface area contributed by atoms with Crippen molar-refractivity contribution in [3.8, 4) is 5.75 Å². The summed E-state index contributed by atoms with van der Waals surface area (Å²) in [5.74, 6) is -0.453. The Morgan fingerprint density at radius 3 is 2.40 bits per heavy atom. The summed E-state index contributed by atoms with van der Waals surface area (Å²) in [6, 6.07) is 16.6. The van der Waals surface area contributed by atoms with Crippen LogP contribution in [-0.2, 0) is 16.1 Å². The topological polar surface area (TPSA) is 80.0 Å². The van der Waals surface area contributed by atoms with Crippen LogP contribution in [0.25, 0.3) is 5.76 Å². The van der Waals surface area contributed by atoms with E-state index in [4.69, 9.17) is 9.15 Å². The summed E-state index contributed by atoms with van der Waals surface area (Å²) in [5, 5.41) is 11.0. The molecule has 1 saturated heterocycles. The van der Waals surface area contributed by atoms with E-state index >= 15 is 0 Å². The van der Waals surface area contributed by atoms with E-state index in [9.17, 15) is 14.7 Å². The molecule has 1 N–H and O–H groups in total. The maximum absolute atomic E-state index is 13.0. The predicted octanol–water partition coefficient (Wildman–Crippen LogP) is 4.67. The molecular weight excluding hydrogens is 450 g/mol. The highest BCUT2D eigenvalue weighted by molar-refractivity contribution is 9.10. The van der Waals surface area contributed by atoms with Crippen LogP contribution in [0.1, 0.15) is 22.9 Å².